The number of nitrogens with one attached hydrogen (secondary N) is 1. The number of hydrogen-bond acceptors (Lipinski definition) is 3. The van der Waals surface area contributed by atoms with E-state index < -0.39 is 9.84 Å². The average molecular weight is 320 g/mol. The largest absolute Gasteiger partial charge is 0.325 e. The number of amides is 1. The zero-order valence-corrected chi connectivity index (χ0v) is 12.0. The summed E-state index contributed by atoms with van der Waals surface area (Å²) in [5.41, 5.74) is 0.580. The summed E-state index contributed by atoms with van der Waals surface area (Å²) in [5.74, 6) is -0.104. The minimum atomic E-state index is -3.18. The molecule has 0 spiro atoms. The molecule has 0 aromatic heterocycles. The Morgan fingerprint density at radius 2 is 1.88 bits per heavy atom. The van der Waals surface area contributed by atoms with Gasteiger partial charge in [-0.05, 0) is 31.2 Å². The number of hydrogen-bond donors (Lipinski definition) is 1. The van der Waals surface area contributed by atoms with Crippen molar-refractivity contribution < 1.29 is 13.2 Å². The molecule has 4 nitrogen and oxygen atoms in total. The molecule has 0 heterocycles. The molecular weight excluding hydrogens is 306 g/mol. The van der Waals surface area contributed by atoms with Gasteiger partial charge in [-0.2, -0.15) is 0 Å². The van der Waals surface area contributed by atoms with E-state index in [2.05, 4.69) is 21.2 Å². The van der Waals surface area contributed by atoms with Crippen molar-refractivity contribution >= 4 is 37.4 Å². The molecule has 1 atom stereocenters. The first-order valence-electron chi connectivity index (χ1n) is 5.14. The van der Waals surface area contributed by atoms with Gasteiger partial charge in [0.05, 0.1) is 15.5 Å². The van der Waals surface area contributed by atoms with Crippen LogP contribution in [0.15, 0.2) is 29.2 Å². The zero-order chi connectivity index (χ0) is 13.1. The molecule has 17 heavy (non-hydrogen) atoms. The SMILES string of the molecule is CCS(=O)(=O)c1ccc(NC(=O)C(C)Br)cc1. The van der Waals surface area contributed by atoms with E-state index in [1.165, 1.54) is 12.1 Å². The Morgan fingerprint density at radius 3 is 2.29 bits per heavy atom. The van der Waals surface area contributed by atoms with E-state index in [0.29, 0.717) is 5.69 Å². The van der Waals surface area contributed by atoms with E-state index in [0.717, 1.165) is 0 Å². The second-order valence-electron chi connectivity index (χ2n) is 3.53. The van der Waals surface area contributed by atoms with Crippen molar-refractivity contribution in [2.24, 2.45) is 0 Å². The maximum absolute atomic E-state index is 11.5. The molecular formula is C11H14BrNO3S. The Kier molecular flexibility index (Phi) is 4.70. The third-order valence-electron chi connectivity index (χ3n) is 2.22. The lowest BCUT2D eigenvalue weighted by Gasteiger charge is -2.07. The number of halogens is 1. The number of anilines is 1. The molecule has 0 radical (unpaired) electrons. The normalized spacial score (nSPS) is 13.1. The van der Waals surface area contributed by atoms with Gasteiger partial charge in [0.2, 0.25) is 5.91 Å². The fraction of sp³-hybridized carbons (Fsp3) is 0.364. The first kappa shape index (κ1) is 14.2. The highest BCUT2D eigenvalue weighted by atomic mass is 79.9. The maximum atomic E-state index is 11.5. The van der Waals surface area contributed by atoms with Crippen LogP contribution in [0.2, 0.25) is 0 Å². The molecule has 94 valence electrons. The minimum Gasteiger partial charge on any atom is -0.325 e. The van der Waals surface area contributed by atoms with Crippen LogP contribution in [-0.2, 0) is 14.6 Å². The Hall–Kier alpha value is -0.880. The van der Waals surface area contributed by atoms with Crippen LogP contribution in [0, 0.1) is 0 Å². The fourth-order valence-corrected chi connectivity index (χ4v) is 2.15. The molecule has 1 N–H and O–H groups in total. The predicted octanol–water partition coefficient (Wildman–Crippen LogP) is 2.20. The van der Waals surface area contributed by atoms with Gasteiger partial charge in [-0.15, -0.1) is 0 Å². The molecule has 1 aromatic carbocycles. The number of rotatable bonds is 4. The Balaban J connectivity index is 2.86. The summed E-state index contributed by atoms with van der Waals surface area (Å²) in [6.07, 6.45) is 0. The number of carbonyl (C=O) groups excluding carboxylic acids is 1. The lowest BCUT2D eigenvalue weighted by Crippen LogP contribution is -2.19. The number of carbonyl (C=O) groups is 1. The van der Waals surface area contributed by atoms with Gasteiger partial charge in [-0.1, -0.05) is 22.9 Å². The van der Waals surface area contributed by atoms with Gasteiger partial charge in [-0.3, -0.25) is 4.79 Å². The van der Waals surface area contributed by atoms with Crippen LogP contribution in [0.5, 0.6) is 0 Å². The summed E-state index contributed by atoms with van der Waals surface area (Å²) in [5, 5.41) is 2.66. The molecule has 1 amide bonds. The quantitative estimate of drug-likeness (QED) is 0.865. The second kappa shape index (κ2) is 5.64. The van der Waals surface area contributed by atoms with Gasteiger partial charge in [0.25, 0.3) is 0 Å². The summed E-state index contributed by atoms with van der Waals surface area (Å²) in [7, 11) is -3.18. The molecule has 0 saturated carbocycles. The van der Waals surface area contributed by atoms with E-state index in [4.69, 9.17) is 0 Å². The highest BCUT2D eigenvalue weighted by molar-refractivity contribution is 9.10. The number of sulfone groups is 1. The second-order valence-corrected chi connectivity index (χ2v) is 7.18. The van der Waals surface area contributed by atoms with Crippen LogP contribution in [0.1, 0.15) is 13.8 Å². The molecule has 0 aliphatic rings. The highest BCUT2D eigenvalue weighted by Crippen LogP contribution is 2.16. The standard InChI is InChI=1S/C11H14BrNO3S/c1-3-17(15,16)10-6-4-9(5-7-10)13-11(14)8(2)12/h4-8H,3H2,1-2H3,(H,13,14). The van der Waals surface area contributed by atoms with E-state index >= 15 is 0 Å². The van der Waals surface area contributed by atoms with Crippen molar-refractivity contribution in [1.82, 2.24) is 0 Å². The lowest BCUT2D eigenvalue weighted by molar-refractivity contribution is -0.115. The van der Waals surface area contributed by atoms with Crippen LogP contribution in [0.25, 0.3) is 0 Å². The number of alkyl halides is 1. The Morgan fingerprint density at radius 1 is 1.35 bits per heavy atom. The van der Waals surface area contributed by atoms with Crippen LogP contribution >= 0.6 is 15.9 Å². The molecule has 0 bridgehead atoms. The molecule has 1 aromatic rings. The van der Waals surface area contributed by atoms with Crippen molar-refractivity contribution in [3.8, 4) is 0 Å². The zero-order valence-electron chi connectivity index (χ0n) is 9.60. The van der Waals surface area contributed by atoms with Gasteiger partial charge >= 0.3 is 0 Å². The molecule has 0 aliphatic heterocycles. The molecule has 0 aliphatic carbocycles. The van der Waals surface area contributed by atoms with E-state index in [-0.39, 0.29) is 21.4 Å². The fourth-order valence-electron chi connectivity index (χ4n) is 1.15. The van der Waals surface area contributed by atoms with Crippen molar-refractivity contribution in [2.45, 2.75) is 23.6 Å². The van der Waals surface area contributed by atoms with Gasteiger partial charge in [-0.25, -0.2) is 8.42 Å². The van der Waals surface area contributed by atoms with Gasteiger partial charge in [0.1, 0.15) is 0 Å². The molecule has 0 saturated heterocycles. The first-order chi connectivity index (χ1) is 7.86. The molecule has 1 rings (SSSR count). The summed E-state index contributed by atoms with van der Waals surface area (Å²) in [6, 6.07) is 6.15. The third-order valence-corrected chi connectivity index (χ3v) is 4.39. The smallest absolute Gasteiger partial charge is 0.237 e. The number of benzene rings is 1. The van der Waals surface area contributed by atoms with Crippen LogP contribution in [0.3, 0.4) is 0 Å². The minimum absolute atomic E-state index is 0.0666. The van der Waals surface area contributed by atoms with Crippen molar-refractivity contribution in [3.05, 3.63) is 24.3 Å². The van der Waals surface area contributed by atoms with Crippen LogP contribution < -0.4 is 5.32 Å². The van der Waals surface area contributed by atoms with Gasteiger partial charge < -0.3 is 5.32 Å². The molecule has 1 unspecified atom stereocenters. The Bertz CT molecular complexity index is 494. The topological polar surface area (TPSA) is 63.2 Å². The van der Waals surface area contributed by atoms with E-state index in [9.17, 15) is 13.2 Å². The Labute approximate surface area is 109 Å². The van der Waals surface area contributed by atoms with Crippen LogP contribution in [-0.4, -0.2) is 24.9 Å². The summed E-state index contributed by atoms with van der Waals surface area (Å²) >= 11 is 3.15. The molecule has 6 heteroatoms. The highest BCUT2D eigenvalue weighted by Gasteiger charge is 2.12. The summed E-state index contributed by atoms with van der Waals surface area (Å²) < 4.78 is 23.1. The maximum Gasteiger partial charge on any atom is 0.237 e. The summed E-state index contributed by atoms with van der Waals surface area (Å²) in [4.78, 5) is 11.4. The van der Waals surface area contributed by atoms with E-state index in [1.54, 1.807) is 26.0 Å². The average Bonchev–Trinajstić information content (AvgIpc) is 2.29. The lowest BCUT2D eigenvalue weighted by atomic mass is 10.3. The summed E-state index contributed by atoms with van der Waals surface area (Å²) in [6.45, 7) is 3.31. The third kappa shape index (κ3) is 3.81. The predicted molar refractivity (Wildman–Crippen MR) is 71.2 cm³/mol. The first-order valence-corrected chi connectivity index (χ1v) is 7.71. The van der Waals surface area contributed by atoms with Crippen molar-refractivity contribution in [3.63, 3.8) is 0 Å². The van der Waals surface area contributed by atoms with E-state index in [1.807, 2.05) is 0 Å². The van der Waals surface area contributed by atoms with Gasteiger partial charge in [0, 0.05) is 5.69 Å². The van der Waals surface area contributed by atoms with Crippen LogP contribution in [0.4, 0.5) is 5.69 Å². The monoisotopic (exact) mass is 319 g/mol. The van der Waals surface area contributed by atoms with Crippen molar-refractivity contribution in [1.29, 1.82) is 0 Å². The van der Waals surface area contributed by atoms with Gasteiger partial charge in [0.15, 0.2) is 9.84 Å². The molecule has 0 fully saturated rings. The van der Waals surface area contributed by atoms with Crippen molar-refractivity contribution in [2.75, 3.05) is 11.1 Å².